The third kappa shape index (κ3) is 6.49. The van der Waals surface area contributed by atoms with Crippen LogP contribution in [0.25, 0.3) is 11.3 Å². The Bertz CT molecular complexity index is 1430. The lowest BCUT2D eigenvalue weighted by Crippen LogP contribution is -2.37. The largest absolute Gasteiger partial charge is 0.444 e. The number of carbonyl (C=O) groups excluding carboxylic acids is 1. The maximum atomic E-state index is 13.2. The molecule has 1 spiro atoms. The van der Waals surface area contributed by atoms with Crippen LogP contribution in [0.2, 0.25) is 0 Å². The number of aryl methyl sites for hydroxylation is 1. The monoisotopic (exact) mass is 585 g/mol. The molecule has 1 atom stereocenters. The fourth-order valence-corrected chi connectivity index (χ4v) is 4.87. The normalized spacial score (nSPS) is 18.7. The zero-order valence-electron chi connectivity index (χ0n) is 22.5. The summed E-state index contributed by atoms with van der Waals surface area (Å²) in [4.78, 5) is 21.2. The molecule has 9 nitrogen and oxygen atoms in total. The van der Waals surface area contributed by atoms with Gasteiger partial charge in [0.15, 0.2) is 0 Å². The standard InChI is InChI=1S/C20H24F3N5O2.C6H5F3N2/c1-18(2,3)30-17(29)27-6-4-19(11-27)5-7-28-15(19)9-14(26-28)12-8-13(20(21,22)23)16(24)25-10-12;7-6(8,9)4-2-1-3-11-5(4)10/h8-10H,4-7,11H2,1-3H3,(H2,24,25);1-3H,(H2,10,11)/t19-;/m0./s1. The van der Waals surface area contributed by atoms with E-state index in [1.54, 1.807) is 11.0 Å². The second kappa shape index (κ2) is 10.4. The molecule has 5 heterocycles. The van der Waals surface area contributed by atoms with Crippen molar-refractivity contribution in [3.05, 3.63) is 53.5 Å². The van der Waals surface area contributed by atoms with Gasteiger partial charge < -0.3 is 21.1 Å². The SMILES string of the molecule is CC(C)(C)OC(=O)N1CC[C@]2(CCn3nc(-c4cnc(N)c(C(F)(F)F)c4)cc32)C1.Nc1ncccc1C(F)(F)F. The van der Waals surface area contributed by atoms with E-state index in [2.05, 4.69) is 15.1 Å². The molecule has 0 bridgehead atoms. The summed E-state index contributed by atoms with van der Waals surface area (Å²) in [7, 11) is 0. The lowest BCUT2D eigenvalue weighted by Gasteiger charge is -2.26. The van der Waals surface area contributed by atoms with Gasteiger partial charge in [-0.1, -0.05) is 0 Å². The van der Waals surface area contributed by atoms with Crippen molar-refractivity contribution in [2.24, 2.45) is 0 Å². The predicted molar refractivity (Wildman–Crippen MR) is 137 cm³/mol. The lowest BCUT2D eigenvalue weighted by molar-refractivity contribution is -0.137. The Labute approximate surface area is 231 Å². The molecule has 1 fully saturated rings. The molecule has 3 aromatic heterocycles. The molecule has 2 aliphatic heterocycles. The number of nitrogens with zero attached hydrogens (tertiary/aromatic N) is 5. The molecular formula is C26H29F6N7O2. The first-order chi connectivity index (χ1) is 18.9. The maximum absolute atomic E-state index is 13.2. The van der Waals surface area contributed by atoms with Crippen LogP contribution < -0.4 is 11.5 Å². The summed E-state index contributed by atoms with van der Waals surface area (Å²) in [5.74, 6) is -1.04. The van der Waals surface area contributed by atoms with Gasteiger partial charge in [0.25, 0.3) is 0 Å². The van der Waals surface area contributed by atoms with Crippen molar-refractivity contribution >= 4 is 17.7 Å². The second-order valence-electron chi connectivity index (χ2n) is 10.9. The van der Waals surface area contributed by atoms with Gasteiger partial charge in [0.05, 0.1) is 16.8 Å². The average Bonchev–Trinajstić information content (AvgIpc) is 3.54. The number of rotatable bonds is 1. The van der Waals surface area contributed by atoms with Gasteiger partial charge in [0.1, 0.15) is 17.2 Å². The molecule has 15 heteroatoms. The number of nitrogens with two attached hydrogens (primary N) is 2. The van der Waals surface area contributed by atoms with Gasteiger partial charge in [-0.05, 0) is 57.9 Å². The minimum absolute atomic E-state index is 0.260. The molecule has 1 saturated heterocycles. The highest BCUT2D eigenvalue weighted by Crippen LogP contribution is 2.44. The number of hydrogen-bond acceptors (Lipinski definition) is 7. The smallest absolute Gasteiger partial charge is 0.419 e. The highest BCUT2D eigenvalue weighted by molar-refractivity contribution is 5.69. The van der Waals surface area contributed by atoms with Gasteiger partial charge in [-0.2, -0.15) is 31.4 Å². The summed E-state index contributed by atoms with van der Waals surface area (Å²) in [6, 6.07) is 4.87. The van der Waals surface area contributed by atoms with Crippen molar-refractivity contribution in [2.75, 3.05) is 24.6 Å². The first-order valence-electron chi connectivity index (χ1n) is 12.6. The first kappa shape index (κ1) is 29.9. The number of nitrogen functional groups attached to an aromatic ring is 2. The van der Waals surface area contributed by atoms with E-state index in [-0.39, 0.29) is 17.1 Å². The summed E-state index contributed by atoms with van der Waals surface area (Å²) >= 11 is 0. The third-order valence-electron chi connectivity index (χ3n) is 6.79. The average molecular weight is 586 g/mol. The zero-order valence-corrected chi connectivity index (χ0v) is 22.5. The first-order valence-corrected chi connectivity index (χ1v) is 12.6. The van der Waals surface area contributed by atoms with Crippen LogP contribution in [0.5, 0.6) is 0 Å². The number of alkyl halides is 6. The van der Waals surface area contributed by atoms with E-state index < -0.39 is 40.7 Å². The molecular weight excluding hydrogens is 556 g/mol. The highest BCUT2D eigenvalue weighted by Gasteiger charge is 2.47. The van der Waals surface area contributed by atoms with E-state index >= 15 is 0 Å². The Kier molecular flexibility index (Phi) is 7.60. The topological polar surface area (TPSA) is 125 Å². The van der Waals surface area contributed by atoms with Crippen LogP contribution >= 0.6 is 0 Å². The van der Waals surface area contributed by atoms with Crippen molar-refractivity contribution in [2.45, 2.75) is 63.5 Å². The van der Waals surface area contributed by atoms with Crippen LogP contribution in [0.3, 0.4) is 0 Å². The maximum Gasteiger partial charge on any atom is 0.419 e. The van der Waals surface area contributed by atoms with Crippen LogP contribution in [0.15, 0.2) is 36.7 Å². The Hall–Kier alpha value is -4.04. The van der Waals surface area contributed by atoms with Gasteiger partial charge in [-0.25, -0.2) is 14.8 Å². The van der Waals surface area contributed by atoms with Crippen molar-refractivity contribution in [1.82, 2.24) is 24.6 Å². The molecule has 0 aliphatic carbocycles. The molecule has 0 saturated carbocycles. The van der Waals surface area contributed by atoms with Crippen LogP contribution in [0.1, 0.15) is 50.4 Å². The Balaban J connectivity index is 0.000000296. The van der Waals surface area contributed by atoms with Gasteiger partial charge in [0, 0.05) is 48.7 Å². The number of anilines is 2. The number of carbonyl (C=O) groups is 1. The molecule has 5 rings (SSSR count). The highest BCUT2D eigenvalue weighted by atomic mass is 19.4. The molecule has 0 radical (unpaired) electrons. The van der Waals surface area contributed by atoms with Crippen LogP contribution in [-0.2, 0) is 29.0 Å². The number of pyridine rings is 2. The summed E-state index contributed by atoms with van der Waals surface area (Å²) in [5.41, 5.74) is 9.27. The number of halogens is 6. The van der Waals surface area contributed by atoms with Crippen molar-refractivity contribution in [1.29, 1.82) is 0 Å². The van der Waals surface area contributed by atoms with Crippen molar-refractivity contribution in [3.8, 4) is 11.3 Å². The van der Waals surface area contributed by atoms with E-state index in [9.17, 15) is 31.1 Å². The fraction of sp³-hybridized carbons (Fsp3) is 0.462. The third-order valence-corrected chi connectivity index (χ3v) is 6.79. The van der Waals surface area contributed by atoms with Crippen LogP contribution in [0, 0.1) is 0 Å². The van der Waals surface area contributed by atoms with E-state index in [1.807, 2.05) is 25.5 Å². The molecule has 0 aromatic carbocycles. The van der Waals surface area contributed by atoms with Crippen LogP contribution in [-0.4, -0.2) is 49.4 Å². The Morgan fingerprint density at radius 3 is 2.17 bits per heavy atom. The zero-order chi connectivity index (χ0) is 30.4. The summed E-state index contributed by atoms with van der Waals surface area (Å²) in [5, 5.41) is 4.50. The lowest BCUT2D eigenvalue weighted by atomic mass is 9.82. The van der Waals surface area contributed by atoms with Crippen molar-refractivity contribution in [3.63, 3.8) is 0 Å². The van der Waals surface area contributed by atoms with E-state index in [0.29, 0.717) is 25.3 Å². The molecule has 2 aliphatic rings. The number of amides is 1. The molecule has 41 heavy (non-hydrogen) atoms. The number of fused-ring (bicyclic) bond motifs is 2. The minimum Gasteiger partial charge on any atom is -0.444 e. The van der Waals surface area contributed by atoms with E-state index in [4.69, 9.17) is 16.2 Å². The summed E-state index contributed by atoms with van der Waals surface area (Å²) in [6.07, 6.45) is -5.25. The number of aromatic nitrogens is 4. The minimum atomic E-state index is -4.59. The van der Waals surface area contributed by atoms with Gasteiger partial charge in [0.2, 0.25) is 0 Å². The van der Waals surface area contributed by atoms with E-state index in [1.165, 1.54) is 18.5 Å². The molecule has 222 valence electrons. The molecule has 0 unspecified atom stereocenters. The number of likely N-dealkylation sites (tertiary alicyclic amines) is 1. The predicted octanol–water partition coefficient (Wildman–Crippen LogP) is 5.51. The Morgan fingerprint density at radius 2 is 1.59 bits per heavy atom. The van der Waals surface area contributed by atoms with Crippen LogP contribution in [0.4, 0.5) is 42.8 Å². The summed E-state index contributed by atoms with van der Waals surface area (Å²) in [6.45, 7) is 7.18. The van der Waals surface area contributed by atoms with Gasteiger partial charge >= 0.3 is 18.4 Å². The second-order valence-corrected chi connectivity index (χ2v) is 10.9. The fourth-order valence-electron chi connectivity index (χ4n) is 4.87. The molecule has 1 amide bonds. The van der Waals surface area contributed by atoms with Gasteiger partial charge in [-0.3, -0.25) is 4.68 Å². The molecule has 3 aromatic rings. The number of ether oxygens (including phenoxy) is 1. The Morgan fingerprint density at radius 1 is 0.951 bits per heavy atom. The quantitative estimate of drug-likeness (QED) is 0.361. The van der Waals surface area contributed by atoms with Crippen molar-refractivity contribution < 1.29 is 35.9 Å². The van der Waals surface area contributed by atoms with E-state index in [0.717, 1.165) is 30.7 Å². The summed E-state index contributed by atoms with van der Waals surface area (Å²) < 4.78 is 82.6. The molecule has 4 N–H and O–H groups in total. The van der Waals surface area contributed by atoms with Gasteiger partial charge in [-0.15, -0.1) is 0 Å². The number of hydrogen-bond donors (Lipinski definition) is 2.